The van der Waals surface area contributed by atoms with Gasteiger partial charge in [-0.05, 0) is 19.1 Å². The summed E-state index contributed by atoms with van der Waals surface area (Å²) >= 11 is 1.74. The zero-order valence-electron chi connectivity index (χ0n) is 13.6. The number of aromatic nitrogens is 1. The number of nitrogens with zero attached hydrogens (tertiary/aromatic N) is 3. The average molecular weight is 347 g/mol. The maximum Gasteiger partial charge on any atom is 0.318 e. The Morgan fingerprint density at radius 3 is 2.67 bits per heavy atom. The Morgan fingerprint density at radius 2 is 2.00 bits per heavy atom. The van der Waals surface area contributed by atoms with E-state index in [1.54, 1.807) is 11.3 Å². The summed E-state index contributed by atoms with van der Waals surface area (Å²) in [5.41, 5.74) is 6.00. The van der Waals surface area contributed by atoms with Gasteiger partial charge in [-0.2, -0.15) is 0 Å². The number of primary amides is 1. The van der Waals surface area contributed by atoms with Crippen LogP contribution >= 0.6 is 11.3 Å². The number of para-hydroxylation sites is 1. The molecule has 0 unspecified atom stereocenters. The molecule has 3 N–H and O–H groups in total. The van der Waals surface area contributed by atoms with Crippen molar-refractivity contribution in [3.63, 3.8) is 0 Å². The zero-order chi connectivity index (χ0) is 17.1. The molecule has 1 atom stereocenters. The van der Waals surface area contributed by atoms with Crippen LogP contribution in [0.15, 0.2) is 24.3 Å². The minimum atomic E-state index is -0.803. The van der Waals surface area contributed by atoms with Gasteiger partial charge in [0.25, 0.3) is 0 Å². The van der Waals surface area contributed by atoms with Gasteiger partial charge < -0.3 is 5.73 Å². The van der Waals surface area contributed by atoms with Gasteiger partial charge in [0.15, 0.2) is 0 Å². The second-order valence-corrected chi connectivity index (χ2v) is 6.98. The predicted octanol–water partition coefficient (Wildman–Crippen LogP) is 1.17. The Bertz CT molecular complexity index is 706. The molecule has 0 aliphatic carbocycles. The molecule has 1 aromatic heterocycles. The Morgan fingerprint density at radius 1 is 1.29 bits per heavy atom. The number of amides is 3. The van der Waals surface area contributed by atoms with E-state index in [1.165, 1.54) is 4.70 Å². The molecular weight excluding hydrogens is 326 g/mol. The van der Waals surface area contributed by atoms with Crippen LogP contribution in [-0.2, 0) is 4.79 Å². The fraction of sp³-hybridized carbons (Fsp3) is 0.438. The van der Waals surface area contributed by atoms with E-state index in [4.69, 9.17) is 10.7 Å². The zero-order valence-corrected chi connectivity index (χ0v) is 14.4. The molecule has 2 aromatic rings. The number of fused-ring (bicyclic) bond motifs is 1. The summed E-state index contributed by atoms with van der Waals surface area (Å²) < 4.78 is 1.21. The van der Waals surface area contributed by atoms with E-state index in [0.717, 1.165) is 36.7 Å². The topological polar surface area (TPSA) is 91.6 Å². The highest BCUT2D eigenvalue weighted by atomic mass is 32.1. The van der Waals surface area contributed by atoms with Crippen molar-refractivity contribution in [2.45, 2.75) is 13.0 Å². The van der Waals surface area contributed by atoms with Gasteiger partial charge in [-0.3, -0.25) is 19.9 Å². The van der Waals surface area contributed by atoms with E-state index in [9.17, 15) is 9.59 Å². The Kier molecular flexibility index (Phi) is 5.08. The number of imide groups is 1. The van der Waals surface area contributed by atoms with Gasteiger partial charge in [-0.1, -0.05) is 12.1 Å². The van der Waals surface area contributed by atoms with E-state index in [0.29, 0.717) is 0 Å². The van der Waals surface area contributed by atoms with Crippen molar-refractivity contribution in [2.75, 3.05) is 32.7 Å². The monoisotopic (exact) mass is 347 g/mol. The third-order valence-corrected chi connectivity index (χ3v) is 5.46. The first-order chi connectivity index (χ1) is 11.5. The van der Waals surface area contributed by atoms with Gasteiger partial charge in [0.2, 0.25) is 5.91 Å². The van der Waals surface area contributed by atoms with Gasteiger partial charge in [0, 0.05) is 26.2 Å². The van der Waals surface area contributed by atoms with Crippen molar-refractivity contribution in [2.24, 2.45) is 5.73 Å². The summed E-state index contributed by atoms with van der Waals surface area (Å²) in [4.78, 5) is 31.4. The standard InChI is InChI=1S/C16H21N5O2S/c1-11(15-18-12-4-2-3-5-13(12)24-15)21-8-6-20(7-9-21)10-14(22)19-16(17)23/h2-5,11H,6-10H2,1H3,(H3,17,19,22,23)/t11-/m0/s1. The number of piperazine rings is 1. The second-order valence-electron chi connectivity index (χ2n) is 5.92. The molecule has 3 amide bonds. The average Bonchev–Trinajstić information content (AvgIpc) is 2.98. The summed E-state index contributed by atoms with van der Waals surface area (Å²) in [6, 6.07) is 7.62. The number of benzene rings is 1. The molecule has 7 nitrogen and oxygen atoms in total. The van der Waals surface area contributed by atoms with Crippen molar-refractivity contribution in [1.82, 2.24) is 20.1 Å². The number of rotatable bonds is 4. The van der Waals surface area contributed by atoms with Crippen LogP contribution in [0.25, 0.3) is 10.2 Å². The first kappa shape index (κ1) is 16.8. The molecule has 1 aliphatic rings. The molecule has 24 heavy (non-hydrogen) atoms. The molecule has 3 rings (SSSR count). The molecule has 128 valence electrons. The van der Waals surface area contributed by atoms with Crippen LogP contribution in [0, 0.1) is 0 Å². The number of carbonyl (C=O) groups excluding carboxylic acids is 2. The molecule has 0 bridgehead atoms. The number of carbonyl (C=O) groups is 2. The molecule has 1 fully saturated rings. The first-order valence-electron chi connectivity index (χ1n) is 7.94. The minimum Gasteiger partial charge on any atom is -0.351 e. The van der Waals surface area contributed by atoms with Crippen molar-refractivity contribution in [1.29, 1.82) is 0 Å². The molecule has 0 spiro atoms. The fourth-order valence-electron chi connectivity index (χ4n) is 2.91. The third kappa shape index (κ3) is 3.89. The normalized spacial score (nSPS) is 17.7. The van der Waals surface area contributed by atoms with Gasteiger partial charge in [0.05, 0.1) is 22.8 Å². The molecule has 1 saturated heterocycles. The molecule has 2 heterocycles. The van der Waals surface area contributed by atoms with Crippen LogP contribution in [0.3, 0.4) is 0 Å². The second kappa shape index (κ2) is 7.25. The molecule has 1 aromatic carbocycles. The van der Waals surface area contributed by atoms with Gasteiger partial charge in [0.1, 0.15) is 5.01 Å². The SMILES string of the molecule is C[C@@H](c1nc2ccccc2s1)N1CCN(CC(=O)NC(N)=O)CC1. The number of nitrogens with one attached hydrogen (secondary N) is 1. The Labute approximate surface area is 144 Å². The van der Waals surface area contributed by atoms with Crippen LogP contribution in [0.2, 0.25) is 0 Å². The molecule has 1 aliphatic heterocycles. The van der Waals surface area contributed by atoms with E-state index in [2.05, 4.69) is 23.2 Å². The largest absolute Gasteiger partial charge is 0.351 e. The summed E-state index contributed by atoms with van der Waals surface area (Å²) in [6.07, 6.45) is 0. The third-order valence-electron chi connectivity index (χ3n) is 4.25. The lowest BCUT2D eigenvalue weighted by Gasteiger charge is -2.36. The Hall–Kier alpha value is -2.03. The fourth-order valence-corrected chi connectivity index (χ4v) is 3.97. The van der Waals surface area contributed by atoms with Gasteiger partial charge in [-0.15, -0.1) is 11.3 Å². The smallest absolute Gasteiger partial charge is 0.318 e. The minimum absolute atomic E-state index is 0.201. The maximum absolute atomic E-state index is 11.6. The lowest BCUT2D eigenvalue weighted by atomic mass is 10.2. The lowest BCUT2D eigenvalue weighted by molar-refractivity contribution is -0.121. The highest BCUT2D eigenvalue weighted by molar-refractivity contribution is 7.18. The van der Waals surface area contributed by atoms with Gasteiger partial charge in [-0.25, -0.2) is 9.78 Å². The van der Waals surface area contributed by atoms with Crippen molar-refractivity contribution in [3.8, 4) is 0 Å². The molecule has 0 saturated carbocycles. The highest BCUT2D eigenvalue weighted by Crippen LogP contribution is 2.29. The summed E-state index contributed by atoms with van der Waals surface area (Å²) in [7, 11) is 0. The molecule has 8 heteroatoms. The number of hydrogen-bond acceptors (Lipinski definition) is 6. The summed E-state index contributed by atoms with van der Waals surface area (Å²) in [6.45, 7) is 5.66. The Balaban J connectivity index is 1.56. The van der Waals surface area contributed by atoms with Crippen LogP contribution in [0.1, 0.15) is 18.0 Å². The number of urea groups is 1. The predicted molar refractivity (Wildman–Crippen MR) is 93.8 cm³/mol. The maximum atomic E-state index is 11.6. The van der Waals surface area contributed by atoms with Gasteiger partial charge >= 0.3 is 6.03 Å². The lowest BCUT2D eigenvalue weighted by Crippen LogP contribution is -2.50. The molecular formula is C16H21N5O2S. The summed E-state index contributed by atoms with van der Waals surface area (Å²) in [5.74, 6) is -0.352. The quantitative estimate of drug-likeness (QED) is 0.866. The highest BCUT2D eigenvalue weighted by Gasteiger charge is 2.25. The van der Waals surface area contributed by atoms with Crippen LogP contribution in [0.5, 0.6) is 0 Å². The summed E-state index contributed by atoms with van der Waals surface area (Å²) in [5, 5.41) is 3.22. The van der Waals surface area contributed by atoms with E-state index < -0.39 is 6.03 Å². The number of hydrogen-bond donors (Lipinski definition) is 2. The number of thiazole rings is 1. The number of nitrogens with two attached hydrogens (primary N) is 1. The van der Waals surface area contributed by atoms with Crippen molar-refractivity contribution in [3.05, 3.63) is 29.3 Å². The van der Waals surface area contributed by atoms with Crippen LogP contribution < -0.4 is 11.1 Å². The van der Waals surface area contributed by atoms with Crippen molar-refractivity contribution >= 4 is 33.5 Å². The first-order valence-corrected chi connectivity index (χ1v) is 8.76. The molecule has 0 radical (unpaired) electrons. The van der Waals surface area contributed by atoms with E-state index >= 15 is 0 Å². The van der Waals surface area contributed by atoms with Crippen molar-refractivity contribution < 1.29 is 9.59 Å². The van der Waals surface area contributed by atoms with E-state index in [1.807, 2.05) is 23.1 Å². The van der Waals surface area contributed by atoms with Crippen LogP contribution in [0.4, 0.5) is 4.79 Å². The van der Waals surface area contributed by atoms with E-state index in [-0.39, 0.29) is 18.5 Å². The van der Waals surface area contributed by atoms with Crippen LogP contribution in [-0.4, -0.2) is 59.4 Å².